The minimum absolute atomic E-state index is 0.204. The maximum Gasteiger partial charge on any atom is 0.316 e. The van der Waals surface area contributed by atoms with Crippen LogP contribution < -0.4 is 9.64 Å². The molecule has 5 nitrogen and oxygen atoms in total. The molecule has 1 fully saturated rings. The highest BCUT2D eigenvalue weighted by Crippen LogP contribution is 2.21. The van der Waals surface area contributed by atoms with Crippen molar-refractivity contribution in [3.63, 3.8) is 0 Å². The number of ether oxygens (including phenoxy) is 1. The van der Waals surface area contributed by atoms with E-state index in [4.69, 9.17) is 4.74 Å². The van der Waals surface area contributed by atoms with Crippen LogP contribution in [-0.2, 0) is 0 Å². The Kier molecular flexibility index (Phi) is 3.76. The second kappa shape index (κ2) is 5.86. The van der Waals surface area contributed by atoms with E-state index in [0.29, 0.717) is 6.01 Å². The van der Waals surface area contributed by atoms with Gasteiger partial charge in [-0.2, -0.15) is 0 Å². The predicted molar refractivity (Wildman–Crippen MR) is 76.9 cm³/mol. The Morgan fingerprint density at radius 2 is 1.75 bits per heavy atom. The molecular formula is C15H18N4O. The molecule has 0 saturated carbocycles. The molecule has 20 heavy (non-hydrogen) atoms. The van der Waals surface area contributed by atoms with Gasteiger partial charge in [0.25, 0.3) is 0 Å². The van der Waals surface area contributed by atoms with Gasteiger partial charge in [-0.15, -0.1) is 0 Å². The summed E-state index contributed by atoms with van der Waals surface area (Å²) in [7, 11) is 0. The van der Waals surface area contributed by atoms with Crippen LogP contribution in [0.4, 0.5) is 5.69 Å². The second-order valence-corrected chi connectivity index (χ2v) is 5.05. The van der Waals surface area contributed by atoms with Gasteiger partial charge in [0.2, 0.25) is 0 Å². The van der Waals surface area contributed by atoms with Gasteiger partial charge in [0.05, 0.1) is 0 Å². The molecule has 1 saturated heterocycles. The third-order valence-electron chi connectivity index (χ3n) is 3.50. The molecular weight excluding hydrogens is 252 g/mol. The number of hydrogen-bond acceptors (Lipinski definition) is 5. The van der Waals surface area contributed by atoms with Crippen molar-refractivity contribution in [1.82, 2.24) is 15.0 Å². The number of anilines is 1. The first-order chi connectivity index (χ1) is 9.81. The van der Waals surface area contributed by atoms with Gasteiger partial charge in [0, 0.05) is 56.4 Å². The van der Waals surface area contributed by atoms with Gasteiger partial charge >= 0.3 is 6.01 Å². The van der Waals surface area contributed by atoms with Crippen molar-refractivity contribution in [3.05, 3.63) is 42.5 Å². The van der Waals surface area contributed by atoms with Crippen LogP contribution in [0.15, 0.2) is 36.9 Å². The number of pyridine rings is 1. The van der Waals surface area contributed by atoms with Crippen LogP contribution in [-0.4, -0.2) is 34.1 Å². The van der Waals surface area contributed by atoms with Crippen molar-refractivity contribution in [2.75, 3.05) is 18.0 Å². The fourth-order valence-corrected chi connectivity index (χ4v) is 2.38. The molecule has 0 aromatic carbocycles. The van der Waals surface area contributed by atoms with Crippen LogP contribution in [0.25, 0.3) is 0 Å². The summed E-state index contributed by atoms with van der Waals surface area (Å²) in [5, 5.41) is 0. The lowest BCUT2D eigenvalue weighted by Gasteiger charge is -2.33. The fourth-order valence-electron chi connectivity index (χ4n) is 2.38. The first kappa shape index (κ1) is 12.8. The molecule has 0 N–H and O–H groups in total. The van der Waals surface area contributed by atoms with E-state index in [0.717, 1.165) is 31.5 Å². The highest BCUT2D eigenvalue weighted by molar-refractivity contribution is 5.44. The minimum Gasteiger partial charge on any atom is -0.460 e. The van der Waals surface area contributed by atoms with Crippen molar-refractivity contribution in [2.45, 2.75) is 25.9 Å². The van der Waals surface area contributed by atoms with Crippen molar-refractivity contribution >= 4 is 5.69 Å². The largest absolute Gasteiger partial charge is 0.460 e. The summed E-state index contributed by atoms with van der Waals surface area (Å²) in [5.41, 5.74) is 2.27. The van der Waals surface area contributed by atoms with Crippen molar-refractivity contribution in [1.29, 1.82) is 0 Å². The van der Waals surface area contributed by atoms with Gasteiger partial charge in [0.15, 0.2) is 0 Å². The molecule has 0 amide bonds. The molecule has 0 radical (unpaired) electrons. The number of aromatic nitrogens is 3. The second-order valence-electron chi connectivity index (χ2n) is 5.05. The number of hydrogen-bond donors (Lipinski definition) is 0. The maximum absolute atomic E-state index is 5.83. The Morgan fingerprint density at radius 1 is 1.10 bits per heavy atom. The number of piperidine rings is 1. The molecule has 0 atom stereocenters. The van der Waals surface area contributed by atoms with Gasteiger partial charge < -0.3 is 9.64 Å². The molecule has 2 aromatic heterocycles. The highest BCUT2D eigenvalue weighted by Gasteiger charge is 2.21. The maximum atomic E-state index is 5.83. The molecule has 5 heteroatoms. The van der Waals surface area contributed by atoms with Crippen LogP contribution in [0.5, 0.6) is 6.01 Å². The topological polar surface area (TPSA) is 51.1 Å². The van der Waals surface area contributed by atoms with Crippen molar-refractivity contribution in [3.8, 4) is 6.01 Å². The van der Waals surface area contributed by atoms with Gasteiger partial charge in [-0.3, -0.25) is 4.98 Å². The lowest BCUT2D eigenvalue weighted by atomic mass is 10.1. The molecule has 3 heterocycles. The zero-order valence-corrected chi connectivity index (χ0v) is 11.6. The van der Waals surface area contributed by atoms with E-state index in [-0.39, 0.29) is 6.10 Å². The summed E-state index contributed by atoms with van der Waals surface area (Å²) in [6, 6.07) is 4.58. The van der Waals surface area contributed by atoms with Crippen molar-refractivity contribution < 1.29 is 4.74 Å². The summed E-state index contributed by atoms with van der Waals surface area (Å²) in [5.74, 6) is 0. The fraction of sp³-hybridized carbons (Fsp3) is 0.400. The van der Waals surface area contributed by atoms with E-state index in [1.54, 1.807) is 12.4 Å². The number of rotatable bonds is 3. The van der Waals surface area contributed by atoms with Gasteiger partial charge in [-0.1, -0.05) is 0 Å². The molecule has 0 bridgehead atoms. The van der Waals surface area contributed by atoms with Crippen LogP contribution in [0, 0.1) is 6.92 Å². The van der Waals surface area contributed by atoms with Crippen LogP contribution in [0.2, 0.25) is 0 Å². The molecule has 0 unspecified atom stereocenters. The molecule has 0 aliphatic carbocycles. The predicted octanol–water partition coefficient (Wildman–Crippen LogP) is 2.23. The standard InChI is InChI=1S/C15H18N4O/c1-12-10-17-15(18-11-12)20-14-4-8-19(9-5-14)13-2-6-16-7-3-13/h2-3,6-7,10-11,14H,4-5,8-9H2,1H3. The van der Waals surface area contributed by atoms with E-state index < -0.39 is 0 Å². The van der Waals surface area contributed by atoms with Crippen molar-refractivity contribution in [2.24, 2.45) is 0 Å². The quantitative estimate of drug-likeness (QED) is 0.856. The summed E-state index contributed by atoms with van der Waals surface area (Å²) >= 11 is 0. The zero-order valence-electron chi connectivity index (χ0n) is 11.6. The Morgan fingerprint density at radius 3 is 2.40 bits per heavy atom. The third kappa shape index (κ3) is 3.04. The lowest BCUT2D eigenvalue weighted by Crippen LogP contribution is -2.38. The first-order valence-corrected chi connectivity index (χ1v) is 6.91. The van der Waals surface area contributed by atoms with E-state index in [1.807, 2.05) is 31.5 Å². The monoisotopic (exact) mass is 270 g/mol. The van der Waals surface area contributed by atoms with E-state index in [2.05, 4.69) is 19.9 Å². The van der Waals surface area contributed by atoms with E-state index in [9.17, 15) is 0 Å². The average molecular weight is 270 g/mol. The van der Waals surface area contributed by atoms with Gasteiger partial charge in [0.1, 0.15) is 6.10 Å². The summed E-state index contributed by atoms with van der Waals surface area (Å²) in [4.78, 5) is 14.8. The highest BCUT2D eigenvalue weighted by atomic mass is 16.5. The normalized spacial score (nSPS) is 16.1. The minimum atomic E-state index is 0.204. The molecule has 1 aliphatic rings. The third-order valence-corrected chi connectivity index (χ3v) is 3.50. The molecule has 0 spiro atoms. The smallest absolute Gasteiger partial charge is 0.316 e. The Balaban J connectivity index is 1.55. The molecule has 104 valence electrons. The SMILES string of the molecule is Cc1cnc(OC2CCN(c3ccncc3)CC2)nc1. The Labute approximate surface area is 118 Å². The number of nitrogens with zero attached hydrogens (tertiary/aromatic N) is 4. The first-order valence-electron chi connectivity index (χ1n) is 6.91. The molecule has 2 aromatic rings. The Bertz CT molecular complexity index is 536. The van der Waals surface area contributed by atoms with Crippen LogP contribution in [0.3, 0.4) is 0 Å². The molecule has 1 aliphatic heterocycles. The lowest BCUT2D eigenvalue weighted by molar-refractivity contribution is 0.156. The Hall–Kier alpha value is -2.17. The van der Waals surface area contributed by atoms with E-state index in [1.165, 1.54) is 5.69 Å². The summed E-state index contributed by atoms with van der Waals surface area (Å²) in [6.45, 7) is 3.94. The van der Waals surface area contributed by atoms with Crippen LogP contribution in [0.1, 0.15) is 18.4 Å². The van der Waals surface area contributed by atoms with Gasteiger partial charge in [-0.05, 0) is 24.6 Å². The summed E-state index contributed by atoms with van der Waals surface area (Å²) < 4.78 is 5.83. The zero-order chi connectivity index (χ0) is 13.8. The van der Waals surface area contributed by atoms with Gasteiger partial charge in [-0.25, -0.2) is 9.97 Å². The van der Waals surface area contributed by atoms with E-state index >= 15 is 0 Å². The average Bonchev–Trinajstić information content (AvgIpc) is 2.51. The molecule has 3 rings (SSSR count). The van der Waals surface area contributed by atoms with Crippen LogP contribution >= 0.6 is 0 Å². The number of aryl methyl sites for hydroxylation is 1. The summed E-state index contributed by atoms with van der Waals surface area (Å²) in [6.07, 6.45) is 9.41.